The van der Waals surface area contributed by atoms with Crippen LogP contribution in [0.3, 0.4) is 0 Å². The largest absolute Gasteiger partial charge is 0.462 e. The van der Waals surface area contributed by atoms with Crippen LogP contribution in [0.2, 0.25) is 0 Å². The van der Waals surface area contributed by atoms with E-state index in [1.165, 1.54) is 57.1 Å². The van der Waals surface area contributed by atoms with Crippen LogP contribution < -0.4 is 0 Å². The molecule has 0 amide bonds. The lowest BCUT2D eigenvalue weighted by atomic mass is 9.47. The average molecular weight is 515 g/mol. The molecule has 4 heteroatoms. The second-order valence-corrected chi connectivity index (χ2v) is 14.1. The fraction of sp³-hybridized carbons (Fsp3) is 0.706. The number of carbonyl (C=O) groups is 1. The van der Waals surface area contributed by atoms with Gasteiger partial charge in [-0.15, -0.1) is 0 Å². The van der Waals surface area contributed by atoms with Crippen molar-refractivity contribution in [3.8, 4) is 0 Å². The standard InChI is InChI=1S/C34H46N2O2/c1-33-15-11-27(38-32(37)24-13-18-36(19-14-24)22-23-5-6-23)20-26(33)7-8-28-30-10-9-29(25-4-3-17-35-21-25)34(30,2)16-12-31(28)33/h3-4,7,9,17,21,23-24,27-28,30-31H,5-6,8,10-16,18-20,22H2,1-2H3/t27-,28-,30-,31-,33-,34+/m0/s1. The van der Waals surface area contributed by atoms with E-state index in [-0.39, 0.29) is 28.8 Å². The molecule has 1 aromatic rings. The molecule has 4 fully saturated rings. The Hall–Kier alpha value is -1.94. The van der Waals surface area contributed by atoms with Gasteiger partial charge in [0.1, 0.15) is 6.10 Å². The number of esters is 1. The summed E-state index contributed by atoms with van der Waals surface area (Å²) in [5.74, 6) is 3.38. The van der Waals surface area contributed by atoms with Crippen LogP contribution in [0.4, 0.5) is 0 Å². The Morgan fingerprint density at radius 3 is 2.58 bits per heavy atom. The molecule has 0 radical (unpaired) electrons. The quantitative estimate of drug-likeness (QED) is 0.311. The van der Waals surface area contributed by atoms with Gasteiger partial charge in [0.25, 0.3) is 0 Å². The molecule has 6 aliphatic rings. The number of allylic oxidation sites excluding steroid dienone is 3. The number of fused-ring (bicyclic) bond motifs is 5. The predicted molar refractivity (Wildman–Crippen MR) is 151 cm³/mol. The second kappa shape index (κ2) is 9.61. The number of rotatable bonds is 5. The molecule has 1 saturated heterocycles. The van der Waals surface area contributed by atoms with E-state index in [1.54, 1.807) is 11.1 Å². The third-order valence-corrected chi connectivity index (χ3v) is 12.0. The van der Waals surface area contributed by atoms with Gasteiger partial charge in [-0.3, -0.25) is 9.78 Å². The molecular weight excluding hydrogens is 468 g/mol. The van der Waals surface area contributed by atoms with Crippen molar-refractivity contribution < 1.29 is 9.53 Å². The lowest BCUT2D eigenvalue weighted by Crippen LogP contribution is -2.50. The Balaban J connectivity index is 0.994. The molecule has 1 aromatic heterocycles. The molecule has 7 rings (SSSR count). The van der Waals surface area contributed by atoms with Gasteiger partial charge in [0, 0.05) is 25.4 Å². The number of carbonyl (C=O) groups excluding carboxylic acids is 1. The van der Waals surface area contributed by atoms with Crippen molar-refractivity contribution in [2.45, 2.75) is 90.6 Å². The fourth-order valence-electron chi connectivity index (χ4n) is 9.54. The Morgan fingerprint density at radius 1 is 1.00 bits per heavy atom. The lowest BCUT2D eigenvalue weighted by Gasteiger charge is -2.58. The van der Waals surface area contributed by atoms with Gasteiger partial charge in [-0.2, -0.15) is 0 Å². The van der Waals surface area contributed by atoms with Crippen molar-refractivity contribution in [1.29, 1.82) is 0 Å². The van der Waals surface area contributed by atoms with Crippen molar-refractivity contribution in [1.82, 2.24) is 9.88 Å². The first-order valence-electron chi connectivity index (χ1n) is 15.7. The van der Waals surface area contributed by atoms with Gasteiger partial charge in [0.05, 0.1) is 5.92 Å². The number of aromatic nitrogens is 1. The smallest absolute Gasteiger partial charge is 0.309 e. The second-order valence-electron chi connectivity index (χ2n) is 14.1. The van der Waals surface area contributed by atoms with E-state index in [1.807, 2.05) is 6.20 Å². The van der Waals surface area contributed by atoms with E-state index < -0.39 is 0 Å². The summed E-state index contributed by atoms with van der Waals surface area (Å²) >= 11 is 0. The number of likely N-dealkylation sites (tertiary alicyclic amines) is 1. The first-order chi connectivity index (χ1) is 18.4. The number of pyridine rings is 1. The van der Waals surface area contributed by atoms with E-state index in [2.05, 4.69) is 54.2 Å². The van der Waals surface area contributed by atoms with Crippen LogP contribution in [0, 0.1) is 40.4 Å². The van der Waals surface area contributed by atoms with Crippen molar-refractivity contribution in [3.05, 3.63) is 47.8 Å². The molecule has 1 aliphatic heterocycles. The molecule has 204 valence electrons. The van der Waals surface area contributed by atoms with E-state index in [9.17, 15) is 4.79 Å². The normalized spacial score (nSPS) is 39.4. The first kappa shape index (κ1) is 25.1. The van der Waals surface area contributed by atoms with E-state index in [0.717, 1.165) is 62.4 Å². The minimum atomic E-state index is 0.0852. The summed E-state index contributed by atoms with van der Waals surface area (Å²) in [5.41, 5.74) is 5.02. The van der Waals surface area contributed by atoms with Crippen LogP contribution in [0.25, 0.3) is 5.57 Å². The van der Waals surface area contributed by atoms with Crippen LogP contribution in [-0.4, -0.2) is 41.6 Å². The van der Waals surface area contributed by atoms with Crippen molar-refractivity contribution in [2.24, 2.45) is 40.4 Å². The minimum Gasteiger partial charge on any atom is -0.462 e. The van der Waals surface area contributed by atoms with Crippen molar-refractivity contribution in [2.75, 3.05) is 19.6 Å². The highest BCUT2D eigenvalue weighted by molar-refractivity contribution is 5.73. The first-order valence-corrected chi connectivity index (χ1v) is 15.7. The average Bonchev–Trinajstić information content (AvgIpc) is 3.67. The summed E-state index contributed by atoms with van der Waals surface area (Å²) in [6.45, 7) is 8.49. The van der Waals surface area contributed by atoms with Crippen LogP contribution >= 0.6 is 0 Å². The zero-order valence-electron chi connectivity index (χ0n) is 23.5. The summed E-state index contributed by atoms with van der Waals surface area (Å²) in [7, 11) is 0. The molecule has 0 aromatic carbocycles. The van der Waals surface area contributed by atoms with Crippen molar-refractivity contribution in [3.63, 3.8) is 0 Å². The van der Waals surface area contributed by atoms with Gasteiger partial charge in [-0.05, 0) is 129 Å². The number of ether oxygens (including phenoxy) is 1. The van der Waals surface area contributed by atoms with Crippen LogP contribution in [-0.2, 0) is 9.53 Å². The number of hydrogen-bond donors (Lipinski definition) is 0. The van der Waals surface area contributed by atoms with Gasteiger partial charge in [-0.25, -0.2) is 0 Å². The molecule has 0 bridgehead atoms. The maximum Gasteiger partial charge on any atom is 0.309 e. The van der Waals surface area contributed by atoms with E-state index >= 15 is 0 Å². The SMILES string of the molecule is C[C@]12CC[C@H](OC(=O)C3CCN(CC4CC4)CC3)CC1=CC[C@@H]1[C@@H]2CC[C@]2(C)C(c3cccnc3)=CC[C@@H]12. The van der Waals surface area contributed by atoms with Crippen LogP contribution in [0.15, 0.2) is 42.3 Å². The molecule has 6 atom stereocenters. The van der Waals surface area contributed by atoms with E-state index in [0.29, 0.717) is 0 Å². The third kappa shape index (κ3) is 4.30. The van der Waals surface area contributed by atoms with Gasteiger partial charge in [0.15, 0.2) is 0 Å². The third-order valence-electron chi connectivity index (χ3n) is 12.0. The fourth-order valence-corrected chi connectivity index (χ4v) is 9.54. The summed E-state index contributed by atoms with van der Waals surface area (Å²) < 4.78 is 6.23. The predicted octanol–water partition coefficient (Wildman–Crippen LogP) is 7.07. The van der Waals surface area contributed by atoms with Crippen molar-refractivity contribution >= 4 is 11.5 Å². The zero-order chi connectivity index (χ0) is 25.9. The zero-order valence-corrected chi connectivity index (χ0v) is 23.5. The highest BCUT2D eigenvalue weighted by Gasteiger charge is 2.57. The van der Waals surface area contributed by atoms with Gasteiger partial charge in [-0.1, -0.05) is 37.6 Å². The Labute approximate surface area is 229 Å². The van der Waals surface area contributed by atoms with Gasteiger partial charge < -0.3 is 9.64 Å². The number of hydrogen-bond acceptors (Lipinski definition) is 4. The molecular formula is C34H46N2O2. The molecule has 4 nitrogen and oxygen atoms in total. The summed E-state index contributed by atoms with van der Waals surface area (Å²) in [4.78, 5) is 20.1. The van der Waals surface area contributed by atoms with Gasteiger partial charge >= 0.3 is 5.97 Å². The molecule has 38 heavy (non-hydrogen) atoms. The Kier molecular flexibility index (Phi) is 6.34. The summed E-state index contributed by atoms with van der Waals surface area (Å²) in [6, 6.07) is 4.33. The highest BCUT2D eigenvalue weighted by atomic mass is 16.5. The van der Waals surface area contributed by atoms with E-state index in [4.69, 9.17) is 4.74 Å². The molecule has 5 aliphatic carbocycles. The maximum atomic E-state index is 13.1. The monoisotopic (exact) mass is 514 g/mol. The van der Waals surface area contributed by atoms with Gasteiger partial charge in [0.2, 0.25) is 0 Å². The summed E-state index contributed by atoms with van der Waals surface area (Å²) in [6.07, 6.45) is 22.1. The minimum absolute atomic E-state index is 0.0852. The molecule has 0 N–H and O–H groups in total. The maximum absolute atomic E-state index is 13.1. The molecule has 3 saturated carbocycles. The Morgan fingerprint density at radius 2 is 1.82 bits per heavy atom. The highest BCUT2D eigenvalue weighted by Crippen LogP contribution is 2.66. The van der Waals surface area contributed by atoms with Crippen LogP contribution in [0.5, 0.6) is 0 Å². The molecule has 0 unspecified atom stereocenters. The molecule has 2 heterocycles. The number of nitrogens with zero attached hydrogens (tertiary/aromatic N) is 2. The number of piperidine rings is 1. The van der Waals surface area contributed by atoms with Crippen LogP contribution in [0.1, 0.15) is 90.0 Å². The topological polar surface area (TPSA) is 42.4 Å². The summed E-state index contributed by atoms with van der Waals surface area (Å²) in [5, 5.41) is 0. The lowest BCUT2D eigenvalue weighted by molar-refractivity contribution is -0.158. The molecule has 0 spiro atoms. The Bertz CT molecular complexity index is 1110.